The van der Waals surface area contributed by atoms with E-state index < -0.39 is 0 Å². The fraction of sp³-hybridized carbons (Fsp3) is 0.125. The fourth-order valence-electron chi connectivity index (χ4n) is 2.25. The van der Waals surface area contributed by atoms with Crippen LogP contribution in [0.4, 0.5) is 5.69 Å². The standard InChI is InChI=1S/C16H13Br2N3/c1-10-14(6-7-15(18)21-10)20-9-11-4-5-13(17)12-3-2-8-19-16(11)12/h2-8,20H,9H2,1H3. The van der Waals surface area contributed by atoms with Crippen LogP contribution >= 0.6 is 31.9 Å². The van der Waals surface area contributed by atoms with Crippen LogP contribution in [0.2, 0.25) is 0 Å². The van der Waals surface area contributed by atoms with Crippen LogP contribution < -0.4 is 5.32 Å². The number of halogens is 2. The summed E-state index contributed by atoms with van der Waals surface area (Å²) in [5.74, 6) is 0. The van der Waals surface area contributed by atoms with Crippen molar-refractivity contribution >= 4 is 48.5 Å². The highest BCUT2D eigenvalue weighted by molar-refractivity contribution is 9.10. The zero-order chi connectivity index (χ0) is 14.8. The summed E-state index contributed by atoms with van der Waals surface area (Å²) in [7, 11) is 0. The van der Waals surface area contributed by atoms with Crippen LogP contribution in [0.15, 0.2) is 51.7 Å². The highest BCUT2D eigenvalue weighted by atomic mass is 79.9. The van der Waals surface area contributed by atoms with Gasteiger partial charge in [-0.15, -0.1) is 0 Å². The molecule has 0 saturated carbocycles. The van der Waals surface area contributed by atoms with Crippen molar-refractivity contribution in [2.24, 2.45) is 0 Å². The summed E-state index contributed by atoms with van der Waals surface area (Å²) in [5, 5.41) is 4.56. The molecule has 0 atom stereocenters. The van der Waals surface area contributed by atoms with Crippen LogP contribution in [-0.2, 0) is 6.54 Å². The van der Waals surface area contributed by atoms with Crippen molar-refractivity contribution in [1.29, 1.82) is 0 Å². The lowest BCUT2D eigenvalue weighted by molar-refractivity contribution is 1.10. The van der Waals surface area contributed by atoms with Gasteiger partial charge in [-0.1, -0.05) is 28.1 Å². The molecule has 106 valence electrons. The van der Waals surface area contributed by atoms with Gasteiger partial charge in [-0.25, -0.2) is 4.98 Å². The summed E-state index contributed by atoms with van der Waals surface area (Å²) in [6.07, 6.45) is 1.82. The first-order valence-electron chi connectivity index (χ1n) is 6.54. The number of benzene rings is 1. The number of hydrogen-bond acceptors (Lipinski definition) is 3. The molecule has 3 rings (SSSR count). The maximum absolute atomic E-state index is 4.50. The molecule has 0 aliphatic rings. The summed E-state index contributed by atoms with van der Waals surface area (Å²) in [6.45, 7) is 2.70. The predicted molar refractivity (Wildman–Crippen MR) is 93.4 cm³/mol. The van der Waals surface area contributed by atoms with E-state index >= 15 is 0 Å². The lowest BCUT2D eigenvalue weighted by Crippen LogP contribution is -2.03. The van der Waals surface area contributed by atoms with Crippen LogP contribution in [0.3, 0.4) is 0 Å². The van der Waals surface area contributed by atoms with Crippen molar-refractivity contribution in [3.8, 4) is 0 Å². The normalized spacial score (nSPS) is 10.8. The highest BCUT2D eigenvalue weighted by Gasteiger charge is 2.06. The Bertz CT molecular complexity index is 803. The zero-order valence-electron chi connectivity index (χ0n) is 11.4. The molecule has 21 heavy (non-hydrogen) atoms. The Balaban J connectivity index is 1.90. The minimum Gasteiger partial charge on any atom is -0.379 e. The van der Waals surface area contributed by atoms with E-state index in [4.69, 9.17) is 0 Å². The van der Waals surface area contributed by atoms with Crippen molar-refractivity contribution in [3.05, 3.63) is 62.9 Å². The third-order valence-electron chi connectivity index (χ3n) is 3.32. The highest BCUT2D eigenvalue weighted by Crippen LogP contribution is 2.26. The topological polar surface area (TPSA) is 37.8 Å². The smallest absolute Gasteiger partial charge is 0.106 e. The predicted octanol–water partition coefficient (Wildman–Crippen LogP) is 5.08. The molecule has 0 bridgehead atoms. The number of aromatic nitrogens is 2. The molecule has 3 aromatic rings. The molecule has 5 heteroatoms. The lowest BCUT2D eigenvalue weighted by Gasteiger charge is -2.11. The van der Waals surface area contributed by atoms with E-state index in [-0.39, 0.29) is 0 Å². The van der Waals surface area contributed by atoms with Gasteiger partial charge in [0.2, 0.25) is 0 Å². The zero-order valence-corrected chi connectivity index (χ0v) is 14.6. The first-order valence-corrected chi connectivity index (χ1v) is 8.13. The maximum atomic E-state index is 4.50. The Morgan fingerprint density at radius 3 is 2.76 bits per heavy atom. The van der Waals surface area contributed by atoms with E-state index in [0.717, 1.165) is 36.9 Å². The molecule has 1 aromatic carbocycles. The van der Waals surface area contributed by atoms with Crippen molar-refractivity contribution in [2.45, 2.75) is 13.5 Å². The van der Waals surface area contributed by atoms with Gasteiger partial charge in [-0.3, -0.25) is 4.98 Å². The monoisotopic (exact) mass is 405 g/mol. The largest absolute Gasteiger partial charge is 0.379 e. The molecular formula is C16H13Br2N3. The third-order valence-corrected chi connectivity index (χ3v) is 4.45. The first kappa shape index (κ1) is 14.5. The fourth-order valence-corrected chi connectivity index (χ4v) is 3.10. The second-order valence-electron chi connectivity index (χ2n) is 4.73. The summed E-state index contributed by atoms with van der Waals surface area (Å²) < 4.78 is 1.91. The lowest BCUT2D eigenvalue weighted by atomic mass is 10.1. The Morgan fingerprint density at radius 2 is 1.95 bits per heavy atom. The van der Waals surface area contributed by atoms with E-state index in [0.29, 0.717) is 6.54 Å². The van der Waals surface area contributed by atoms with Gasteiger partial charge in [0.15, 0.2) is 0 Å². The summed E-state index contributed by atoms with van der Waals surface area (Å²) >= 11 is 6.95. The number of fused-ring (bicyclic) bond motifs is 1. The quantitative estimate of drug-likeness (QED) is 0.616. The number of aryl methyl sites for hydroxylation is 1. The minimum atomic E-state index is 0.713. The van der Waals surface area contributed by atoms with E-state index in [9.17, 15) is 0 Å². The van der Waals surface area contributed by atoms with Crippen LogP contribution in [0.25, 0.3) is 10.9 Å². The van der Waals surface area contributed by atoms with Gasteiger partial charge in [0.25, 0.3) is 0 Å². The van der Waals surface area contributed by atoms with Gasteiger partial charge in [0.1, 0.15) is 4.60 Å². The van der Waals surface area contributed by atoms with Crippen molar-refractivity contribution in [3.63, 3.8) is 0 Å². The van der Waals surface area contributed by atoms with Crippen LogP contribution in [-0.4, -0.2) is 9.97 Å². The molecule has 0 amide bonds. The minimum absolute atomic E-state index is 0.713. The van der Waals surface area contributed by atoms with E-state index in [1.807, 2.05) is 31.3 Å². The average molecular weight is 407 g/mol. The summed E-state index contributed by atoms with van der Waals surface area (Å²) in [5.41, 5.74) is 4.18. The molecule has 0 unspecified atom stereocenters. The summed E-state index contributed by atoms with van der Waals surface area (Å²) in [4.78, 5) is 8.89. The molecule has 0 aliphatic carbocycles. The van der Waals surface area contributed by atoms with E-state index in [1.165, 1.54) is 0 Å². The number of pyridine rings is 2. The molecule has 3 nitrogen and oxygen atoms in total. The molecule has 0 spiro atoms. The van der Waals surface area contributed by atoms with Gasteiger partial charge in [-0.05, 0) is 52.7 Å². The van der Waals surface area contributed by atoms with Gasteiger partial charge < -0.3 is 5.32 Å². The molecule has 2 aromatic heterocycles. The number of hydrogen-bond donors (Lipinski definition) is 1. The first-order chi connectivity index (χ1) is 10.1. The average Bonchev–Trinajstić information content (AvgIpc) is 2.48. The third kappa shape index (κ3) is 3.09. The molecular weight excluding hydrogens is 394 g/mol. The molecule has 0 saturated heterocycles. The Labute approximate surface area is 140 Å². The van der Waals surface area contributed by atoms with Gasteiger partial charge in [0.05, 0.1) is 16.9 Å². The second kappa shape index (κ2) is 6.12. The molecule has 1 N–H and O–H groups in total. The number of anilines is 1. The van der Waals surface area contributed by atoms with Gasteiger partial charge >= 0.3 is 0 Å². The van der Waals surface area contributed by atoms with Crippen molar-refractivity contribution < 1.29 is 0 Å². The van der Waals surface area contributed by atoms with Crippen molar-refractivity contribution in [2.75, 3.05) is 5.32 Å². The second-order valence-corrected chi connectivity index (χ2v) is 6.39. The Hall–Kier alpha value is -1.46. The van der Waals surface area contributed by atoms with Crippen molar-refractivity contribution in [1.82, 2.24) is 9.97 Å². The number of nitrogens with one attached hydrogen (secondary N) is 1. The van der Waals surface area contributed by atoms with Gasteiger partial charge in [0, 0.05) is 22.6 Å². The Kier molecular flexibility index (Phi) is 4.22. The molecule has 0 aliphatic heterocycles. The van der Waals surface area contributed by atoms with Crippen LogP contribution in [0, 0.1) is 6.92 Å². The number of rotatable bonds is 3. The van der Waals surface area contributed by atoms with E-state index in [1.54, 1.807) is 0 Å². The van der Waals surface area contributed by atoms with Crippen LogP contribution in [0.5, 0.6) is 0 Å². The SMILES string of the molecule is Cc1nc(Br)ccc1NCc1ccc(Br)c2cccnc12. The van der Waals surface area contributed by atoms with Crippen LogP contribution in [0.1, 0.15) is 11.3 Å². The molecule has 0 fully saturated rings. The van der Waals surface area contributed by atoms with Gasteiger partial charge in [-0.2, -0.15) is 0 Å². The summed E-state index contributed by atoms with van der Waals surface area (Å²) in [6, 6.07) is 12.1. The molecule has 2 heterocycles. The molecule has 0 radical (unpaired) electrons. The number of nitrogens with zero attached hydrogens (tertiary/aromatic N) is 2. The Morgan fingerprint density at radius 1 is 1.10 bits per heavy atom. The maximum Gasteiger partial charge on any atom is 0.106 e. The van der Waals surface area contributed by atoms with E-state index in [2.05, 4.69) is 65.3 Å².